The van der Waals surface area contributed by atoms with E-state index in [1.807, 2.05) is 0 Å². The highest BCUT2D eigenvalue weighted by molar-refractivity contribution is 7.70. The Hall–Kier alpha value is -0.600. The van der Waals surface area contributed by atoms with Gasteiger partial charge in [-0.15, -0.1) is 11.3 Å². The van der Waals surface area contributed by atoms with Crippen LogP contribution in [0, 0.1) is 0 Å². The highest BCUT2D eigenvalue weighted by Crippen LogP contribution is 2.36. The van der Waals surface area contributed by atoms with Crippen LogP contribution < -0.4 is 5.30 Å². The molecule has 0 aliphatic heterocycles. The number of aromatic carboxylic acids is 1. The Balaban J connectivity index is 3.08. The molecule has 1 aromatic heterocycles. The molecule has 0 amide bonds. The summed E-state index contributed by atoms with van der Waals surface area (Å²) in [6.45, 7) is 3.25. The zero-order valence-electron chi connectivity index (χ0n) is 6.77. The van der Waals surface area contributed by atoms with Crippen molar-refractivity contribution in [3.05, 3.63) is 16.3 Å². The monoisotopic (exact) mass is 204 g/mol. The molecule has 1 aromatic rings. The number of carbonyl (C=O) groups is 1. The molecular formula is C7H9O3PS. The van der Waals surface area contributed by atoms with Crippen LogP contribution in [0.4, 0.5) is 0 Å². The predicted molar refractivity (Wildman–Crippen MR) is 50.4 cm³/mol. The Bertz CT molecular complexity index is 349. The fourth-order valence-electron chi connectivity index (χ4n) is 0.721. The summed E-state index contributed by atoms with van der Waals surface area (Å²) in [6.07, 6.45) is 0. The van der Waals surface area contributed by atoms with Crippen LogP contribution in [0.3, 0.4) is 0 Å². The number of rotatable bonds is 2. The second kappa shape index (κ2) is 3.04. The molecular weight excluding hydrogens is 195 g/mol. The van der Waals surface area contributed by atoms with E-state index in [2.05, 4.69) is 0 Å². The lowest BCUT2D eigenvalue weighted by atomic mass is 10.5. The predicted octanol–water partition coefficient (Wildman–Crippen LogP) is 1.69. The van der Waals surface area contributed by atoms with Gasteiger partial charge in [0, 0.05) is 10.7 Å². The first-order chi connectivity index (χ1) is 5.41. The van der Waals surface area contributed by atoms with E-state index in [1.165, 1.54) is 6.07 Å². The molecule has 0 radical (unpaired) electrons. The van der Waals surface area contributed by atoms with Crippen molar-refractivity contribution in [2.24, 2.45) is 0 Å². The van der Waals surface area contributed by atoms with Crippen molar-refractivity contribution >= 4 is 29.8 Å². The van der Waals surface area contributed by atoms with Gasteiger partial charge in [0.1, 0.15) is 12.0 Å². The summed E-state index contributed by atoms with van der Waals surface area (Å²) >= 11 is 1.11. The van der Waals surface area contributed by atoms with Gasteiger partial charge in [0.15, 0.2) is 0 Å². The molecule has 0 spiro atoms. The fourth-order valence-corrected chi connectivity index (χ4v) is 3.03. The average Bonchev–Trinajstić information content (AvgIpc) is 2.30. The summed E-state index contributed by atoms with van der Waals surface area (Å²) < 4.78 is 11.5. The summed E-state index contributed by atoms with van der Waals surface area (Å²) in [5.74, 6) is -0.959. The number of carboxylic acids is 1. The quantitative estimate of drug-likeness (QED) is 0.746. The molecule has 0 atom stereocenters. The van der Waals surface area contributed by atoms with Gasteiger partial charge in [-0.1, -0.05) is 0 Å². The van der Waals surface area contributed by atoms with Crippen molar-refractivity contribution < 1.29 is 14.5 Å². The molecule has 0 saturated heterocycles. The molecule has 0 saturated carbocycles. The first-order valence-corrected chi connectivity index (χ1v) is 6.77. The Morgan fingerprint density at radius 1 is 1.58 bits per heavy atom. The topological polar surface area (TPSA) is 54.4 Å². The molecule has 1 N–H and O–H groups in total. The summed E-state index contributed by atoms with van der Waals surface area (Å²) in [6, 6.07) is 1.48. The lowest BCUT2D eigenvalue weighted by Crippen LogP contribution is -1.99. The lowest BCUT2D eigenvalue weighted by Gasteiger charge is -2.00. The molecule has 0 aliphatic rings. The Morgan fingerprint density at radius 2 is 2.17 bits per heavy atom. The molecule has 3 nitrogen and oxygen atoms in total. The van der Waals surface area contributed by atoms with E-state index in [4.69, 9.17) is 5.11 Å². The van der Waals surface area contributed by atoms with Gasteiger partial charge in [0.05, 0.1) is 0 Å². The van der Waals surface area contributed by atoms with E-state index < -0.39 is 13.1 Å². The van der Waals surface area contributed by atoms with Crippen LogP contribution in [0.2, 0.25) is 0 Å². The minimum atomic E-state index is -2.29. The molecule has 0 unspecified atom stereocenters. The summed E-state index contributed by atoms with van der Waals surface area (Å²) in [7, 11) is -2.29. The highest BCUT2D eigenvalue weighted by atomic mass is 32.1. The van der Waals surface area contributed by atoms with Gasteiger partial charge in [-0.2, -0.15) is 0 Å². The lowest BCUT2D eigenvalue weighted by molar-refractivity contribution is 0.0702. The first-order valence-electron chi connectivity index (χ1n) is 3.28. The van der Waals surface area contributed by atoms with Crippen LogP contribution in [0.15, 0.2) is 11.4 Å². The second-order valence-electron chi connectivity index (χ2n) is 2.83. The maximum Gasteiger partial charge on any atom is 0.345 e. The van der Waals surface area contributed by atoms with E-state index >= 15 is 0 Å². The largest absolute Gasteiger partial charge is 0.477 e. The molecule has 66 valence electrons. The number of thiophene rings is 1. The number of hydrogen-bond donors (Lipinski definition) is 1. The SMILES string of the molecule is CP(C)(=O)c1csc(C(=O)O)c1. The Morgan fingerprint density at radius 3 is 2.42 bits per heavy atom. The van der Waals surface area contributed by atoms with Crippen molar-refractivity contribution in [2.45, 2.75) is 0 Å². The van der Waals surface area contributed by atoms with Crippen molar-refractivity contribution in [1.29, 1.82) is 0 Å². The highest BCUT2D eigenvalue weighted by Gasteiger charge is 2.15. The number of carboxylic acid groups (broad SMARTS) is 1. The van der Waals surface area contributed by atoms with Gasteiger partial charge < -0.3 is 9.67 Å². The van der Waals surface area contributed by atoms with Crippen molar-refractivity contribution in [3.8, 4) is 0 Å². The standard InChI is InChI=1S/C7H9O3PS/c1-11(2,10)5-3-6(7(8)9)12-4-5/h3-4H,1-2H3,(H,8,9). The molecule has 1 heterocycles. The second-order valence-corrected chi connectivity index (χ2v) is 6.95. The average molecular weight is 204 g/mol. The molecule has 0 fully saturated rings. The van der Waals surface area contributed by atoms with E-state index in [-0.39, 0.29) is 4.88 Å². The van der Waals surface area contributed by atoms with Crippen LogP contribution in [-0.4, -0.2) is 24.4 Å². The van der Waals surface area contributed by atoms with E-state index in [0.717, 1.165) is 11.3 Å². The third kappa shape index (κ3) is 1.96. The van der Waals surface area contributed by atoms with Crippen LogP contribution in [0.5, 0.6) is 0 Å². The van der Waals surface area contributed by atoms with Gasteiger partial charge in [-0.3, -0.25) is 0 Å². The molecule has 5 heteroatoms. The molecule has 1 rings (SSSR count). The van der Waals surface area contributed by atoms with Gasteiger partial charge >= 0.3 is 5.97 Å². The van der Waals surface area contributed by atoms with Crippen molar-refractivity contribution in [2.75, 3.05) is 13.3 Å². The molecule has 0 bridgehead atoms. The third-order valence-corrected chi connectivity index (χ3v) is 4.01. The zero-order chi connectivity index (χ0) is 9.35. The van der Waals surface area contributed by atoms with Crippen LogP contribution in [0.1, 0.15) is 9.67 Å². The van der Waals surface area contributed by atoms with E-state index in [9.17, 15) is 9.36 Å². The summed E-state index contributed by atoms with van der Waals surface area (Å²) in [5.41, 5.74) is 0. The third-order valence-electron chi connectivity index (χ3n) is 1.42. The van der Waals surface area contributed by atoms with Gasteiger partial charge in [0.25, 0.3) is 0 Å². The number of hydrogen-bond acceptors (Lipinski definition) is 3. The van der Waals surface area contributed by atoms with Crippen LogP contribution in [-0.2, 0) is 4.57 Å². The maximum absolute atomic E-state index is 11.5. The van der Waals surface area contributed by atoms with Crippen LogP contribution in [0.25, 0.3) is 0 Å². The van der Waals surface area contributed by atoms with Crippen LogP contribution >= 0.6 is 18.5 Å². The van der Waals surface area contributed by atoms with Gasteiger partial charge in [-0.05, 0) is 19.4 Å². The Kier molecular flexibility index (Phi) is 2.40. The van der Waals surface area contributed by atoms with Gasteiger partial charge in [-0.25, -0.2) is 4.79 Å². The first kappa shape index (κ1) is 9.49. The van der Waals surface area contributed by atoms with Crippen molar-refractivity contribution in [3.63, 3.8) is 0 Å². The normalized spacial score (nSPS) is 11.5. The molecule has 0 aliphatic carbocycles. The van der Waals surface area contributed by atoms with E-state index in [1.54, 1.807) is 18.7 Å². The van der Waals surface area contributed by atoms with Gasteiger partial charge in [0.2, 0.25) is 0 Å². The summed E-state index contributed by atoms with van der Waals surface area (Å²) in [4.78, 5) is 10.7. The minimum Gasteiger partial charge on any atom is -0.477 e. The van der Waals surface area contributed by atoms with Crippen molar-refractivity contribution in [1.82, 2.24) is 0 Å². The molecule has 0 aromatic carbocycles. The van der Waals surface area contributed by atoms with E-state index in [0.29, 0.717) is 5.30 Å². The zero-order valence-corrected chi connectivity index (χ0v) is 8.48. The minimum absolute atomic E-state index is 0.244. The Labute approximate surface area is 74.4 Å². The molecule has 12 heavy (non-hydrogen) atoms. The maximum atomic E-state index is 11.5. The fraction of sp³-hybridized carbons (Fsp3) is 0.286. The summed E-state index contributed by atoms with van der Waals surface area (Å²) in [5, 5.41) is 10.9. The smallest absolute Gasteiger partial charge is 0.345 e.